The van der Waals surface area contributed by atoms with Gasteiger partial charge in [0.15, 0.2) is 0 Å². The molecular weight excluding hydrogens is 336 g/mol. The fourth-order valence-corrected chi connectivity index (χ4v) is 3.42. The van der Waals surface area contributed by atoms with Crippen LogP contribution in [0.1, 0.15) is 37.0 Å². The maximum Gasteiger partial charge on any atom is 0.249 e. The highest BCUT2D eigenvalue weighted by atomic mass is 32.1. The molecule has 0 bridgehead atoms. The van der Waals surface area contributed by atoms with Crippen LogP contribution in [-0.2, 0) is 6.42 Å². The molecule has 1 aromatic carbocycles. The minimum absolute atomic E-state index is 0.267. The number of carbonyl (C=O) groups excluding carboxylic acids is 2. The van der Waals surface area contributed by atoms with Gasteiger partial charge < -0.3 is 11.5 Å². The Morgan fingerprint density at radius 2 is 1.80 bits per heavy atom. The molecule has 0 saturated carbocycles. The van der Waals surface area contributed by atoms with Crippen molar-refractivity contribution in [2.24, 2.45) is 11.5 Å². The van der Waals surface area contributed by atoms with Crippen LogP contribution in [0.2, 0.25) is 0 Å². The molecule has 0 aliphatic carbocycles. The zero-order chi connectivity index (χ0) is 18.0. The Balaban J connectivity index is 2.18. The monoisotopic (exact) mass is 352 g/mol. The molecule has 2 heterocycles. The smallest absolute Gasteiger partial charge is 0.249 e. The van der Waals surface area contributed by atoms with Crippen molar-refractivity contribution in [2.45, 2.75) is 13.3 Å². The van der Waals surface area contributed by atoms with Crippen LogP contribution in [-0.4, -0.2) is 21.8 Å². The van der Waals surface area contributed by atoms with E-state index in [1.807, 2.05) is 18.4 Å². The summed E-state index contributed by atoms with van der Waals surface area (Å²) in [5.41, 5.74) is 14.5. The molecule has 7 heteroatoms. The molecule has 126 valence electrons. The second-order valence-electron chi connectivity index (χ2n) is 5.58. The van der Waals surface area contributed by atoms with E-state index in [4.69, 9.17) is 11.5 Å². The van der Waals surface area contributed by atoms with Gasteiger partial charge in [0.05, 0.1) is 5.01 Å². The first-order valence-electron chi connectivity index (χ1n) is 7.53. The average molecular weight is 352 g/mol. The van der Waals surface area contributed by atoms with Crippen LogP contribution in [0.25, 0.3) is 11.1 Å². The van der Waals surface area contributed by atoms with Crippen LogP contribution < -0.4 is 11.5 Å². The second-order valence-corrected chi connectivity index (χ2v) is 6.52. The van der Waals surface area contributed by atoms with Crippen molar-refractivity contribution >= 4 is 23.2 Å². The summed E-state index contributed by atoms with van der Waals surface area (Å²) in [7, 11) is 0. The average Bonchev–Trinajstić information content (AvgIpc) is 3.00. The molecule has 0 fully saturated rings. The van der Waals surface area contributed by atoms with Crippen molar-refractivity contribution < 1.29 is 9.59 Å². The van der Waals surface area contributed by atoms with E-state index < -0.39 is 11.8 Å². The van der Waals surface area contributed by atoms with Gasteiger partial charge in [0, 0.05) is 46.6 Å². The number of rotatable bonds is 5. The molecule has 0 atom stereocenters. The second kappa shape index (κ2) is 6.82. The maximum absolute atomic E-state index is 12.0. The summed E-state index contributed by atoms with van der Waals surface area (Å²) in [6, 6.07) is 6.94. The number of primary amides is 2. The van der Waals surface area contributed by atoms with Crippen molar-refractivity contribution in [3.05, 3.63) is 69.4 Å². The quantitative estimate of drug-likeness (QED) is 0.733. The minimum Gasteiger partial charge on any atom is -0.366 e. The predicted octanol–water partition coefficient (Wildman–Crippen LogP) is 2.30. The fraction of sp³-hybridized carbons (Fsp3) is 0.111. The third kappa shape index (κ3) is 3.56. The van der Waals surface area contributed by atoms with Gasteiger partial charge in [-0.3, -0.25) is 14.6 Å². The molecule has 6 nitrogen and oxygen atoms in total. The van der Waals surface area contributed by atoms with Crippen LogP contribution in [0.4, 0.5) is 0 Å². The molecule has 2 aromatic heterocycles. The molecule has 0 spiro atoms. The summed E-state index contributed by atoms with van der Waals surface area (Å²) >= 11 is 1.46. The predicted molar refractivity (Wildman–Crippen MR) is 96.4 cm³/mol. The number of hydrogen-bond donors (Lipinski definition) is 2. The summed E-state index contributed by atoms with van der Waals surface area (Å²) in [6.45, 7) is 1.88. The number of aromatic nitrogens is 2. The van der Waals surface area contributed by atoms with Crippen LogP contribution >= 0.6 is 11.3 Å². The van der Waals surface area contributed by atoms with Gasteiger partial charge in [-0.2, -0.15) is 0 Å². The molecule has 0 aliphatic heterocycles. The van der Waals surface area contributed by atoms with E-state index in [9.17, 15) is 9.59 Å². The van der Waals surface area contributed by atoms with Gasteiger partial charge in [-0.25, -0.2) is 4.98 Å². The number of amides is 2. The number of thiazole rings is 1. The zero-order valence-electron chi connectivity index (χ0n) is 13.5. The molecule has 0 unspecified atom stereocenters. The summed E-state index contributed by atoms with van der Waals surface area (Å²) in [4.78, 5) is 32.5. The van der Waals surface area contributed by atoms with Gasteiger partial charge in [0.1, 0.15) is 0 Å². The van der Waals surface area contributed by atoms with Crippen molar-refractivity contribution in [1.82, 2.24) is 9.97 Å². The van der Waals surface area contributed by atoms with Gasteiger partial charge >= 0.3 is 0 Å². The fourth-order valence-electron chi connectivity index (χ4n) is 2.64. The number of benzene rings is 1. The third-order valence-electron chi connectivity index (χ3n) is 3.77. The molecule has 0 saturated heterocycles. The third-order valence-corrected chi connectivity index (χ3v) is 4.74. The lowest BCUT2D eigenvalue weighted by Gasteiger charge is -2.13. The Hall–Kier alpha value is -3.06. The highest BCUT2D eigenvalue weighted by Gasteiger charge is 2.20. The van der Waals surface area contributed by atoms with Gasteiger partial charge in [-0.1, -0.05) is 6.07 Å². The van der Waals surface area contributed by atoms with Crippen LogP contribution in [0.5, 0.6) is 0 Å². The Labute approximate surface area is 148 Å². The Morgan fingerprint density at radius 1 is 1.12 bits per heavy atom. The van der Waals surface area contributed by atoms with Crippen molar-refractivity contribution in [2.75, 3.05) is 0 Å². The molecule has 25 heavy (non-hydrogen) atoms. The summed E-state index contributed by atoms with van der Waals surface area (Å²) in [5.74, 6) is -1.23. The van der Waals surface area contributed by atoms with Crippen molar-refractivity contribution in [1.29, 1.82) is 0 Å². The lowest BCUT2D eigenvalue weighted by atomic mass is 9.92. The van der Waals surface area contributed by atoms with E-state index in [1.54, 1.807) is 30.6 Å². The molecule has 3 rings (SSSR count). The molecule has 3 aromatic rings. The van der Waals surface area contributed by atoms with E-state index in [-0.39, 0.29) is 11.1 Å². The van der Waals surface area contributed by atoms with Crippen molar-refractivity contribution in [3.63, 3.8) is 0 Å². The lowest BCUT2D eigenvalue weighted by molar-refractivity contribution is 0.0999. The highest BCUT2D eigenvalue weighted by Crippen LogP contribution is 2.28. The van der Waals surface area contributed by atoms with E-state index in [0.717, 1.165) is 16.3 Å². The van der Waals surface area contributed by atoms with Gasteiger partial charge in [-0.15, -0.1) is 11.3 Å². The van der Waals surface area contributed by atoms with Crippen LogP contribution in [0.3, 0.4) is 0 Å². The topological polar surface area (TPSA) is 112 Å². The van der Waals surface area contributed by atoms with Gasteiger partial charge in [0.2, 0.25) is 11.8 Å². The van der Waals surface area contributed by atoms with Crippen LogP contribution in [0.15, 0.2) is 42.0 Å². The van der Waals surface area contributed by atoms with Crippen LogP contribution in [0, 0.1) is 6.92 Å². The number of pyridine rings is 1. The minimum atomic E-state index is -0.614. The van der Waals surface area contributed by atoms with Gasteiger partial charge in [0.25, 0.3) is 0 Å². The maximum atomic E-state index is 12.0. The van der Waals surface area contributed by atoms with E-state index in [2.05, 4.69) is 9.97 Å². The van der Waals surface area contributed by atoms with E-state index in [1.165, 1.54) is 11.3 Å². The molecule has 0 radical (unpaired) electrons. The summed E-state index contributed by atoms with van der Waals surface area (Å²) < 4.78 is 0. The Bertz CT molecular complexity index is 916. The standard InChI is InChI=1S/C18H16N4O2S/c1-10-9-25-16(22-10)7-13-14(17(19)23)5-12(6-15(13)18(20)24)11-3-2-4-21-8-11/h2-6,8-9H,7H2,1H3,(H2,19,23)(H2,20,24). The lowest BCUT2D eigenvalue weighted by Crippen LogP contribution is -2.20. The van der Waals surface area contributed by atoms with Gasteiger partial charge in [-0.05, 0) is 36.2 Å². The Kier molecular flexibility index (Phi) is 4.58. The number of carbonyl (C=O) groups is 2. The molecule has 2 amide bonds. The number of nitrogens with two attached hydrogens (primary N) is 2. The molecular formula is C18H16N4O2S. The van der Waals surface area contributed by atoms with Crippen molar-refractivity contribution in [3.8, 4) is 11.1 Å². The largest absolute Gasteiger partial charge is 0.366 e. The number of aryl methyl sites for hydroxylation is 1. The first-order valence-corrected chi connectivity index (χ1v) is 8.41. The number of nitrogens with zero attached hydrogens (tertiary/aromatic N) is 2. The first kappa shape index (κ1) is 16.8. The van der Waals surface area contributed by atoms with E-state index in [0.29, 0.717) is 17.5 Å². The number of hydrogen-bond acceptors (Lipinski definition) is 5. The summed E-state index contributed by atoms with van der Waals surface area (Å²) in [6.07, 6.45) is 3.61. The summed E-state index contributed by atoms with van der Waals surface area (Å²) in [5, 5.41) is 2.70. The zero-order valence-corrected chi connectivity index (χ0v) is 14.3. The molecule has 4 N–H and O–H groups in total. The Morgan fingerprint density at radius 3 is 2.28 bits per heavy atom. The SMILES string of the molecule is Cc1csc(Cc2c(C(N)=O)cc(-c3cccnc3)cc2C(N)=O)n1. The molecule has 0 aliphatic rings. The highest BCUT2D eigenvalue weighted by molar-refractivity contribution is 7.09. The normalized spacial score (nSPS) is 10.6. The first-order chi connectivity index (χ1) is 12.0. The van der Waals surface area contributed by atoms with E-state index >= 15 is 0 Å².